The van der Waals surface area contributed by atoms with Crippen LogP contribution in [0.15, 0.2) is 41.1 Å². The molecule has 0 saturated heterocycles. The summed E-state index contributed by atoms with van der Waals surface area (Å²) in [5, 5.41) is 4.55. The first-order valence-electron chi connectivity index (χ1n) is 9.21. The molecule has 0 unspecified atom stereocenters. The number of rotatable bonds is 9. The van der Waals surface area contributed by atoms with Gasteiger partial charge in [-0.1, -0.05) is 6.07 Å². The number of amides is 1. The molecule has 0 radical (unpaired) electrons. The van der Waals surface area contributed by atoms with Gasteiger partial charge in [0.15, 0.2) is 5.13 Å². The fourth-order valence-electron chi connectivity index (χ4n) is 2.89. The largest absolute Gasteiger partial charge is 0.497 e. The zero-order valence-electron chi connectivity index (χ0n) is 17.0. The van der Waals surface area contributed by atoms with Gasteiger partial charge in [0.25, 0.3) is 5.91 Å². The minimum atomic E-state index is -0.0164. The summed E-state index contributed by atoms with van der Waals surface area (Å²) >= 11 is 2.90. The van der Waals surface area contributed by atoms with Gasteiger partial charge in [-0.05, 0) is 56.7 Å². The van der Waals surface area contributed by atoms with Crippen molar-refractivity contribution in [3.63, 3.8) is 0 Å². The number of carbonyl (C=O) groups excluding carboxylic acids is 1. The van der Waals surface area contributed by atoms with E-state index in [0.29, 0.717) is 22.3 Å². The minimum absolute atomic E-state index is 0.0164. The first kappa shape index (κ1) is 21.3. The monoisotopic (exact) mass is 431 g/mol. The number of thiophene rings is 1. The molecular formula is C21H25N3O3S2. The van der Waals surface area contributed by atoms with Gasteiger partial charge in [0, 0.05) is 17.5 Å². The van der Waals surface area contributed by atoms with Crippen LogP contribution in [0.1, 0.15) is 16.1 Å². The summed E-state index contributed by atoms with van der Waals surface area (Å²) in [4.78, 5) is 22.5. The standard InChI is InChI=1S/C21H25N3O3S2/c1-23(2)10-6-11-24(20(25)19-7-5-12-28-19)21-22-17(14-29-21)16-13-15(26-3)8-9-18(16)27-4/h5,7-9,12-14H,6,10-11H2,1-4H3. The summed E-state index contributed by atoms with van der Waals surface area (Å²) in [5.74, 6) is 1.43. The SMILES string of the molecule is COc1ccc(OC)c(-c2csc(N(CCCN(C)C)C(=O)c3cccs3)n2)c1. The van der Waals surface area contributed by atoms with Gasteiger partial charge < -0.3 is 14.4 Å². The Bertz CT molecular complexity index is 939. The van der Waals surface area contributed by atoms with Gasteiger partial charge >= 0.3 is 0 Å². The maximum atomic E-state index is 13.1. The van der Waals surface area contributed by atoms with Crippen molar-refractivity contribution in [3.8, 4) is 22.8 Å². The normalized spacial score (nSPS) is 10.9. The van der Waals surface area contributed by atoms with E-state index in [1.807, 2.05) is 55.2 Å². The first-order valence-corrected chi connectivity index (χ1v) is 11.0. The molecular weight excluding hydrogens is 406 g/mol. The lowest BCUT2D eigenvalue weighted by atomic mass is 10.1. The molecule has 0 saturated carbocycles. The highest BCUT2D eigenvalue weighted by Gasteiger charge is 2.22. The van der Waals surface area contributed by atoms with Crippen LogP contribution in [-0.2, 0) is 0 Å². The van der Waals surface area contributed by atoms with Gasteiger partial charge in [0.05, 0.1) is 24.8 Å². The topological polar surface area (TPSA) is 54.9 Å². The van der Waals surface area contributed by atoms with Crippen molar-refractivity contribution < 1.29 is 14.3 Å². The number of hydrogen-bond acceptors (Lipinski definition) is 7. The van der Waals surface area contributed by atoms with Gasteiger partial charge in [-0.2, -0.15) is 0 Å². The van der Waals surface area contributed by atoms with E-state index in [1.165, 1.54) is 22.7 Å². The molecule has 6 nitrogen and oxygen atoms in total. The second kappa shape index (κ2) is 9.87. The summed E-state index contributed by atoms with van der Waals surface area (Å²) in [6.45, 7) is 1.51. The summed E-state index contributed by atoms with van der Waals surface area (Å²) in [5.41, 5.74) is 1.60. The second-order valence-corrected chi connectivity index (χ2v) is 8.46. The Hall–Kier alpha value is -2.42. The van der Waals surface area contributed by atoms with E-state index in [2.05, 4.69) is 4.90 Å². The van der Waals surface area contributed by atoms with Crippen molar-refractivity contribution in [1.82, 2.24) is 9.88 Å². The summed E-state index contributed by atoms with van der Waals surface area (Å²) < 4.78 is 10.8. The average molecular weight is 432 g/mol. The Morgan fingerprint density at radius 3 is 2.59 bits per heavy atom. The third kappa shape index (κ3) is 5.14. The molecule has 29 heavy (non-hydrogen) atoms. The Morgan fingerprint density at radius 1 is 1.10 bits per heavy atom. The molecule has 0 fully saturated rings. The van der Waals surface area contributed by atoms with Crippen LogP contribution in [0, 0.1) is 0 Å². The molecule has 0 atom stereocenters. The Balaban J connectivity index is 1.92. The lowest BCUT2D eigenvalue weighted by Gasteiger charge is -2.20. The maximum absolute atomic E-state index is 13.1. The van der Waals surface area contributed by atoms with E-state index in [4.69, 9.17) is 14.5 Å². The Kier molecular flexibility index (Phi) is 7.24. The molecule has 0 aliphatic heterocycles. The van der Waals surface area contributed by atoms with Crippen LogP contribution in [-0.4, -0.2) is 57.2 Å². The molecule has 1 amide bonds. The average Bonchev–Trinajstić information content (AvgIpc) is 3.42. The van der Waals surface area contributed by atoms with Crippen molar-refractivity contribution in [2.45, 2.75) is 6.42 Å². The predicted octanol–water partition coefficient (Wildman–Crippen LogP) is 4.49. The predicted molar refractivity (Wildman–Crippen MR) is 120 cm³/mol. The molecule has 3 aromatic rings. The molecule has 2 aromatic heterocycles. The Labute approximate surface area is 179 Å². The van der Waals surface area contributed by atoms with Crippen molar-refractivity contribution in [2.75, 3.05) is 46.3 Å². The van der Waals surface area contributed by atoms with Crippen LogP contribution in [0.2, 0.25) is 0 Å². The van der Waals surface area contributed by atoms with E-state index in [9.17, 15) is 4.79 Å². The van der Waals surface area contributed by atoms with Gasteiger partial charge in [-0.3, -0.25) is 9.69 Å². The third-order valence-corrected chi connectivity index (χ3v) is 6.09. The van der Waals surface area contributed by atoms with Crippen molar-refractivity contribution in [1.29, 1.82) is 0 Å². The molecule has 8 heteroatoms. The van der Waals surface area contributed by atoms with Gasteiger partial charge in [0.1, 0.15) is 11.5 Å². The molecule has 3 rings (SSSR count). The van der Waals surface area contributed by atoms with E-state index in [-0.39, 0.29) is 5.91 Å². The fraction of sp³-hybridized carbons (Fsp3) is 0.333. The quantitative estimate of drug-likeness (QED) is 0.500. The summed E-state index contributed by atoms with van der Waals surface area (Å²) in [6, 6.07) is 9.35. The molecule has 0 bridgehead atoms. The number of benzene rings is 1. The van der Waals surface area contributed by atoms with E-state index < -0.39 is 0 Å². The lowest BCUT2D eigenvalue weighted by molar-refractivity contribution is 0.0990. The van der Waals surface area contributed by atoms with Crippen molar-refractivity contribution >= 4 is 33.7 Å². The minimum Gasteiger partial charge on any atom is -0.497 e. The highest BCUT2D eigenvalue weighted by atomic mass is 32.1. The van der Waals surface area contributed by atoms with E-state index in [0.717, 1.165) is 30.0 Å². The number of thiazole rings is 1. The molecule has 0 aliphatic rings. The van der Waals surface area contributed by atoms with Crippen LogP contribution >= 0.6 is 22.7 Å². The van der Waals surface area contributed by atoms with Crippen LogP contribution in [0.4, 0.5) is 5.13 Å². The summed E-state index contributed by atoms with van der Waals surface area (Å²) in [6.07, 6.45) is 0.863. The number of nitrogens with zero attached hydrogens (tertiary/aromatic N) is 3. The highest BCUT2D eigenvalue weighted by molar-refractivity contribution is 7.14. The lowest BCUT2D eigenvalue weighted by Crippen LogP contribution is -2.33. The van der Waals surface area contributed by atoms with Gasteiger partial charge in [-0.15, -0.1) is 22.7 Å². The molecule has 2 heterocycles. The molecule has 154 valence electrons. The van der Waals surface area contributed by atoms with Crippen molar-refractivity contribution in [3.05, 3.63) is 46.0 Å². The maximum Gasteiger partial charge on any atom is 0.270 e. The first-order chi connectivity index (χ1) is 14.0. The van der Waals surface area contributed by atoms with Gasteiger partial charge in [0.2, 0.25) is 0 Å². The number of aromatic nitrogens is 1. The number of methoxy groups -OCH3 is 2. The van der Waals surface area contributed by atoms with Crippen LogP contribution in [0.5, 0.6) is 11.5 Å². The number of ether oxygens (including phenoxy) is 2. The Morgan fingerprint density at radius 2 is 1.93 bits per heavy atom. The molecule has 0 aliphatic carbocycles. The van der Waals surface area contributed by atoms with Crippen LogP contribution < -0.4 is 14.4 Å². The molecule has 0 spiro atoms. The van der Waals surface area contributed by atoms with Crippen molar-refractivity contribution in [2.24, 2.45) is 0 Å². The number of hydrogen-bond donors (Lipinski definition) is 0. The highest BCUT2D eigenvalue weighted by Crippen LogP contribution is 2.36. The van der Waals surface area contributed by atoms with Crippen LogP contribution in [0.3, 0.4) is 0 Å². The molecule has 0 N–H and O–H groups in total. The second-order valence-electron chi connectivity index (χ2n) is 6.67. The fourth-order valence-corrected chi connectivity index (χ4v) is 4.41. The van der Waals surface area contributed by atoms with Crippen LogP contribution in [0.25, 0.3) is 11.3 Å². The third-order valence-electron chi connectivity index (χ3n) is 4.37. The van der Waals surface area contributed by atoms with E-state index in [1.54, 1.807) is 19.1 Å². The smallest absolute Gasteiger partial charge is 0.270 e. The van der Waals surface area contributed by atoms with Gasteiger partial charge in [-0.25, -0.2) is 4.98 Å². The zero-order chi connectivity index (χ0) is 20.8. The molecule has 1 aromatic carbocycles. The summed E-state index contributed by atoms with van der Waals surface area (Å²) in [7, 11) is 7.32. The zero-order valence-corrected chi connectivity index (χ0v) is 18.7. The number of carbonyl (C=O) groups is 1. The number of anilines is 1. The van der Waals surface area contributed by atoms with E-state index >= 15 is 0 Å².